The van der Waals surface area contributed by atoms with Crippen molar-refractivity contribution in [1.82, 2.24) is 9.97 Å². The summed E-state index contributed by atoms with van der Waals surface area (Å²) in [5.74, 6) is 0.898. The third-order valence-electron chi connectivity index (χ3n) is 2.53. The predicted molar refractivity (Wildman–Crippen MR) is 55.9 cm³/mol. The Morgan fingerprint density at radius 3 is 2.46 bits per heavy atom. The van der Waals surface area contributed by atoms with E-state index in [2.05, 4.69) is 22.3 Å². The Hall–Kier alpha value is -0.570. The Balaban J connectivity index is 2.40. The molecule has 2 nitrogen and oxygen atoms in total. The normalized spacial score (nSPS) is 18.7. The molecule has 0 unspecified atom stereocenters. The fraction of sp³-hybridized carbons (Fsp3) is 0.600. The van der Waals surface area contributed by atoms with Crippen molar-refractivity contribution in [2.24, 2.45) is 0 Å². The van der Waals surface area contributed by atoms with Crippen molar-refractivity contribution in [3.8, 4) is 0 Å². The molecule has 0 bridgehead atoms. The summed E-state index contributed by atoms with van der Waals surface area (Å²) in [5.41, 5.74) is 2.31. The van der Waals surface area contributed by atoms with E-state index in [1.54, 1.807) is 0 Å². The van der Waals surface area contributed by atoms with Gasteiger partial charge in [-0.2, -0.15) is 11.8 Å². The summed E-state index contributed by atoms with van der Waals surface area (Å²) < 4.78 is 0.332. The maximum atomic E-state index is 4.51. The predicted octanol–water partition coefficient (Wildman–Crippen LogP) is 2.45. The van der Waals surface area contributed by atoms with Crippen LogP contribution >= 0.6 is 11.8 Å². The molecule has 2 rings (SSSR count). The van der Waals surface area contributed by atoms with Gasteiger partial charge in [0, 0.05) is 5.69 Å². The molecule has 1 aromatic heterocycles. The first-order chi connectivity index (χ1) is 6.16. The SMILES string of the molecule is CSC1(c2cc(C)nc(C)n2)CC1. The van der Waals surface area contributed by atoms with Crippen LogP contribution in [0.2, 0.25) is 0 Å². The minimum atomic E-state index is 0.332. The molecule has 0 radical (unpaired) electrons. The second-order valence-corrected chi connectivity index (χ2v) is 4.83. The summed E-state index contributed by atoms with van der Waals surface area (Å²) >= 11 is 1.92. The van der Waals surface area contributed by atoms with Crippen LogP contribution in [-0.2, 0) is 4.75 Å². The number of thioether (sulfide) groups is 1. The van der Waals surface area contributed by atoms with Crippen LogP contribution in [0.3, 0.4) is 0 Å². The first-order valence-corrected chi connectivity index (χ1v) is 5.77. The fourth-order valence-corrected chi connectivity index (χ4v) is 2.45. The van der Waals surface area contributed by atoms with Crippen molar-refractivity contribution < 1.29 is 0 Å². The third-order valence-corrected chi connectivity index (χ3v) is 3.93. The number of rotatable bonds is 2. The van der Waals surface area contributed by atoms with E-state index >= 15 is 0 Å². The molecule has 0 amide bonds. The van der Waals surface area contributed by atoms with Crippen molar-refractivity contribution >= 4 is 11.8 Å². The van der Waals surface area contributed by atoms with Gasteiger partial charge in [-0.1, -0.05) is 0 Å². The summed E-state index contributed by atoms with van der Waals surface area (Å²) in [6.07, 6.45) is 4.70. The summed E-state index contributed by atoms with van der Waals surface area (Å²) in [4.78, 5) is 8.80. The van der Waals surface area contributed by atoms with Gasteiger partial charge in [-0.3, -0.25) is 0 Å². The Bertz CT molecular complexity index is 311. The average molecular weight is 194 g/mol. The van der Waals surface area contributed by atoms with E-state index in [1.807, 2.05) is 25.6 Å². The summed E-state index contributed by atoms with van der Waals surface area (Å²) in [5, 5.41) is 0. The highest BCUT2D eigenvalue weighted by molar-refractivity contribution is 7.99. The standard InChI is InChI=1S/C10H14N2S/c1-7-6-9(12-8(2)11-7)10(13-3)4-5-10/h6H,4-5H2,1-3H3. The van der Waals surface area contributed by atoms with Crippen molar-refractivity contribution in [2.45, 2.75) is 31.4 Å². The minimum Gasteiger partial charge on any atom is -0.239 e. The van der Waals surface area contributed by atoms with Gasteiger partial charge in [0.2, 0.25) is 0 Å². The molecular formula is C10H14N2S. The maximum absolute atomic E-state index is 4.51. The van der Waals surface area contributed by atoms with E-state index in [9.17, 15) is 0 Å². The van der Waals surface area contributed by atoms with Gasteiger partial charge in [0.25, 0.3) is 0 Å². The van der Waals surface area contributed by atoms with Gasteiger partial charge in [0.05, 0.1) is 10.4 Å². The fourth-order valence-electron chi connectivity index (χ4n) is 1.63. The highest BCUT2D eigenvalue weighted by Gasteiger charge is 2.45. The maximum Gasteiger partial charge on any atom is 0.125 e. The number of nitrogens with zero attached hydrogens (tertiary/aromatic N) is 2. The van der Waals surface area contributed by atoms with Crippen LogP contribution in [0.5, 0.6) is 0 Å². The largest absolute Gasteiger partial charge is 0.239 e. The van der Waals surface area contributed by atoms with Crippen molar-refractivity contribution in [3.63, 3.8) is 0 Å². The zero-order valence-electron chi connectivity index (χ0n) is 8.29. The van der Waals surface area contributed by atoms with Crippen LogP contribution < -0.4 is 0 Å². The number of hydrogen-bond acceptors (Lipinski definition) is 3. The molecule has 1 aliphatic rings. The third kappa shape index (κ3) is 1.57. The zero-order chi connectivity index (χ0) is 9.47. The van der Waals surface area contributed by atoms with Gasteiger partial charge in [-0.15, -0.1) is 0 Å². The minimum absolute atomic E-state index is 0.332. The molecule has 0 aromatic carbocycles. The van der Waals surface area contributed by atoms with Gasteiger partial charge < -0.3 is 0 Å². The van der Waals surface area contributed by atoms with Gasteiger partial charge in [-0.25, -0.2) is 9.97 Å². The lowest BCUT2D eigenvalue weighted by atomic mass is 10.2. The van der Waals surface area contributed by atoms with Crippen molar-refractivity contribution in [3.05, 3.63) is 23.3 Å². The lowest BCUT2D eigenvalue weighted by Gasteiger charge is -2.12. The molecule has 1 aromatic rings. The molecule has 0 N–H and O–H groups in total. The molecule has 3 heteroatoms. The van der Waals surface area contributed by atoms with E-state index in [4.69, 9.17) is 0 Å². The first kappa shape index (κ1) is 9.00. The molecular weight excluding hydrogens is 180 g/mol. The highest BCUT2D eigenvalue weighted by atomic mass is 32.2. The van der Waals surface area contributed by atoms with Crippen LogP contribution in [0, 0.1) is 13.8 Å². The molecule has 1 saturated carbocycles. The van der Waals surface area contributed by atoms with Gasteiger partial charge >= 0.3 is 0 Å². The second kappa shape index (κ2) is 2.98. The zero-order valence-corrected chi connectivity index (χ0v) is 9.11. The molecule has 13 heavy (non-hydrogen) atoms. The van der Waals surface area contributed by atoms with Crippen LogP contribution in [0.1, 0.15) is 30.1 Å². The molecule has 0 atom stereocenters. The number of aryl methyl sites for hydroxylation is 2. The Labute approximate surface area is 83.2 Å². The topological polar surface area (TPSA) is 25.8 Å². The quantitative estimate of drug-likeness (QED) is 0.723. The molecule has 1 fully saturated rings. The molecule has 1 heterocycles. The molecule has 0 spiro atoms. The van der Waals surface area contributed by atoms with Gasteiger partial charge in [-0.05, 0) is 39.0 Å². The summed E-state index contributed by atoms with van der Waals surface area (Å²) in [6, 6.07) is 2.12. The molecule has 1 aliphatic carbocycles. The van der Waals surface area contributed by atoms with E-state index in [1.165, 1.54) is 18.5 Å². The van der Waals surface area contributed by atoms with Crippen LogP contribution in [0.15, 0.2) is 6.07 Å². The monoisotopic (exact) mass is 194 g/mol. The van der Waals surface area contributed by atoms with E-state index in [0.29, 0.717) is 4.75 Å². The van der Waals surface area contributed by atoms with E-state index in [-0.39, 0.29) is 0 Å². The first-order valence-electron chi connectivity index (χ1n) is 4.54. The summed E-state index contributed by atoms with van der Waals surface area (Å²) in [6.45, 7) is 4.00. The van der Waals surface area contributed by atoms with Crippen molar-refractivity contribution in [1.29, 1.82) is 0 Å². The molecule has 70 valence electrons. The van der Waals surface area contributed by atoms with Crippen LogP contribution in [0.4, 0.5) is 0 Å². The summed E-state index contributed by atoms with van der Waals surface area (Å²) in [7, 11) is 0. The average Bonchev–Trinajstić information content (AvgIpc) is 2.82. The molecule has 0 aliphatic heterocycles. The van der Waals surface area contributed by atoms with Crippen molar-refractivity contribution in [2.75, 3.05) is 6.26 Å². The lowest BCUT2D eigenvalue weighted by molar-refractivity contribution is 0.883. The highest BCUT2D eigenvalue weighted by Crippen LogP contribution is 2.55. The van der Waals surface area contributed by atoms with E-state index < -0.39 is 0 Å². The van der Waals surface area contributed by atoms with E-state index in [0.717, 1.165) is 11.5 Å². The Morgan fingerprint density at radius 1 is 1.31 bits per heavy atom. The lowest BCUT2D eigenvalue weighted by Crippen LogP contribution is -2.06. The number of hydrogen-bond donors (Lipinski definition) is 0. The smallest absolute Gasteiger partial charge is 0.125 e. The van der Waals surface area contributed by atoms with Gasteiger partial charge in [0.1, 0.15) is 5.82 Å². The number of aromatic nitrogens is 2. The Kier molecular flexibility index (Phi) is 2.06. The Morgan fingerprint density at radius 2 is 2.00 bits per heavy atom. The van der Waals surface area contributed by atoms with Gasteiger partial charge in [0.15, 0.2) is 0 Å². The van der Waals surface area contributed by atoms with Crippen LogP contribution in [-0.4, -0.2) is 16.2 Å². The molecule has 0 saturated heterocycles. The van der Waals surface area contributed by atoms with Crippen LogP contribution in [0.25, 0.3) is 0 Å². The second-order valence-electron chi connectivity index (χ2n) is 3.64.